The summed E-state index contributed by atoms with van der Waals surface area (Å²) in [6, 6.07) is 24.0. The Hall–Kier alpha value is -2.22. The largest absolute Gasteiger partial charge is 0.295 e. The van der Waals surface area contributed by atoms with Crippen LogP contribution in [0.4, 0.5) is 0 Å². The van der Waals surface area contributed by atoms with E-state index in [-0.39, 0.29) is 12.6 Å². The van der Waals surface area contributed by atoms with Gasteiger partial charge in [0.1, 0.15) is 0 Å². The Labute approximate surface area is 95.6 Å². The van der Waals surface area contributed by atoms with Crippen molar-refractivity contribution in [3.05, 3.63) is 72.8 Å². The van der Waals surface area contributed by atoms with Crippen molar-refractivity contribution in [3.63, 3.8) is 0 Å². The number of benzene rings is 2. The van der Waals surface area contributed by atoms with Gasteiger partial charge in [0.05, 0.1) is 0 Å². The molecule has 0 spiro atoms. The van der Waals surface area contributed by atoms with Crippen molar-refractivity contribution >= 4 is 12.6 Å². The first-order valence-corrected chi connectivity index (χ1v) is 4.80. The highest BCUT2D eigenvalue weighted by Gasteiger charge is 1.58. The molecule has 2 nitrogen and oxygen atoms in total. The third-order valence-electron chi connectivity index (χ3n) is 1.39. The van der Waals surface area contributed by atoms with Gasteiger partial charge in [0, 0.05) is 0 Å². The number of rotatable bonds is 1. The molecule has 2 aromatic carbocycles. The van der Waals surface area contributed by atoms with Crippen molar-refractivity contribution in [3.8, 4) is 0 Å². The van der Waals surface area contributed by atoms with E-state index >= 15 is 0 Å². The lowest BCUT2D eigenvalue weighted by molar-refractivity contribution is -0.122. The maximum absolute atomic E-state index is 8.81. The molecule has 0 saturated heterocycles. The zero-order valence-electron chi connectivity index (χ0n) is 8.90. The van der Waals surface area contributed by atoms with Gasteiger partial charge in [-0.3, -0.25) is 9.59 Å². The van der Waals surface area contributed by atoms with Gasteiger partial charge >= 0.3 is 0 Å². The molecule has 0 amide bonds. The second-order valence-electron chi connectivity index (χ2n) is 2.58. The van der Waals surface area contributed by atoms with Crippen LogP contribution in [-0.4, -0.2) is 12.6 Å². The van der Waals surface area contributed by atoms with Gasteiger partial charge in [0.15, 0.2) is 12.6 Å². The number of carbonyl (C=O) groups excluding carboxylic acids is 2. The molecule has 0 N–H and O–H groups in total. The lowest BCUT2D eigenvalue weighted by Crippen LogP contribution is -1.62. The summed E-state index contributed by atoms with van der Waals surface area (Å²) >= 11 is 0. The molecule has 0 aromatic heterocycles. The first-order chi connectivity index (χ1) is 7.91. The van der Waals surface area contributed by atoms with Crippen molar-refractivity contribution in [2.24, 2.45) is 0 Å². The molecule has 0 unspecified atom stereocenters. The zero-order chi connectivity index (χ0) is 11.9. The van der Waals surface area contributed by atoms with Gasteiger partial charge in [-0.1, -0.05) is 72.8 Å². The van der Waals surface area contributed by atoms with Crippen LogP contribution in [0.3, 0.4) is 0 Å². The van der Waals surface area contributed by atoms with Crippen molar-refractivity contribution in [1.29, 1.82) is 0 Å². The van der Waals surface area contributed by atoms with Crippen molar-refractivity contribution < 1.29 is 9.59 Å². The van der Waals surface area contributed by atoms with Crippen molar-refractivity contribution in [2.45, 2.75) is 0 Å². The lowest BCUT2D eigenvalue weighted by Gasteiger charge is -1.69. The van der Waals surface area contributed by atoms with Gasteiger partial charge in [-0.25, -0.2) is 0 Å². The molecular weight excluding hydrogens is 200 g/mol. The Morgan fingerprint density at radius 1 is 0.375 bits per heavy atom. The molecule has 0 saturated carbocycles. The topological polar surface area (TPSA) is 34.1 Å². The van der Waals surface area contributed by atoms with E-state index in [0.29, 0.717) is 0 Å². The van der Waals surface area contributed by atoms with Gasteiger partial charge in [-0.15, -0.1) is 0 Å². The average molecular weight is 214 g/mol. The summed E-state index contributed by atoms with van der Waals surface area (Å²) < 4.78 is 0. The first kappa shape index (κ1) is 13.8. The van der Waals surface area contributed by atoms with Crippen LogP contribution in [0.5, 0.6) is 0 Å². The monoisotopic (exact) mass is 214 g/mol. The summed E-state index contributed by atoms with van der Waals surface area (Å²) in [5.41, 5.74) is 0. The van der Waals surface area contributed by atoms with Gasteiger partial charge < -0.3 is 0 Å². The predicted octanol–water partition coefficient (Wildman–Crippen LogP) is 2.76. The second-order valence-corrected chi connectivity index (χ2v) is 2.58. The Morgan fingerprint density at radius 2 is 0.500 bits per heavy atom. The van der Waals surface area contributed by atoms with Gasteiger partial charge in [-0.2, -0.15) is 0 Å². The van der Waals surface area contributed by atoms with Crippen LogP contribution in [0.2, 0.25) is 0 Å². The molecular formula is C14H14O2. The van der Waals surface area contributed by atoms with Crippen LogP contribution in [0.15, 0.2) is 72.8 Å². The smallest absolute Gasteiger partial charge is 0.182 e. The van der Waals surface area contributed by atoms with Crippen LogP contribution in [0, 0.1) is 0 Å². The Kier molecular flexibility index (Phi) is 11.0. The standard InChI is InChI=1S/2C6H6.C2H2O2/c2*1-2-4-6-5-3-1;3-1-2-4/h2*1-6H;1-2H. The average Bonchev–Trinajstić information content (AvgIpc) is 2.44. The SMILES string of the molecule is O=CC=O.c1ccccc1.c1ccccc1. The number of carbonyl (C=O) groups is 2. The lowest BCUT2D eigenvalue weighted by atomic mass is 10.4. The van der Waals surface area contributed by atoms with E-state index < -0.39 is 0 Å². The molecule has 0 heterocycles. The van der Waals surface area contributed by atoms with Crippen LogP contribution in [0.25, 0.3) is 0 Å². The highest BCUT2D eigenvalue weighted by molar-refractivity contribution is 6.09. The molecule has 0 aliphatic rings. The summed E-state index contributed by atoms with van der Waals surface area (Å²) in [7, 11) is 0. The van der Waals surface area contributed by atoms with E-state index in [1.165, 1.54) is 0 Å². The first-order valence-electron chi connectivity index (χ1n) is 4.80. The Morgan fingerprint density at radius 3 is 0.562 bits per heavy atom. The molecule has 2 rings (SSSR count). The highest BCUT2D eigenvalue weighted by atomic mass is 16.2. The summed E-state index contributed by atoms with van der Waals surface area (Å²) in [6.07, 6.45) is 0.389. The van der Waals surface area contributed by atoms with Crippen LogP contribution in [-0.2, 0) is 9.59 Å². The normalized spacial score (nSPS) is 7.25. The van der Waals surface area contributed by atoms with Crippen LogP contribution >= 0.6 is 0 Å². The van der Waals surface area contributed by atoms with E-state index in [0.717, 1.165) is 0 Å². The molecule has 0 bridgehead atoms. The highest BCUT2D eigenvalue weighted by Crippen LogP contribution is 1.80. The molecule has 0 atom stereocenters. The van der Waals surface area contributed by atoms with Gasteiger partial charge in [0.2, 0.25) is 0 Å². The van der Waals surface area contributed by atoms with E-state index in [2.05, 4.69) is 0 Å². The maximum atomic E-state index is 8.81. The van der Waals surface area contributed by atoms with Crippen LogP contribution in [0.1, 0.15) is 0 Å². The minimum atomic E-state index is 0.194. The van der Waals surface area contributed by atoms with E-state index in [4.69, 9.17) is 9.59 Å². The summed E-state index contributed by atoms with van der Waals surface area (Å²) in [5, 5.41) is 0. The number of hydrogen-bond donors (Lipinski definition) is 0. The maximum Gasteiger partial charge on any atom is 0.182 e. The fraction of sp³-hybridized carbons (Fsp3) is 0. The quantitative estimate of drug-likeness (QED) is 0.540. The van der Waals surface area contributed by atoms with Crippen molar-refractivity contribution in [1.82, 2.24) is 0 Å². The minimum Gasteiger partial charge on any atom is -0.295 e. The Bertz CT molecular complexity index is 253. The molecule has 82 valence electrons. The second kappa shape index (κ2) is 12.8. The molecule has 0 fully saturated rings. The van der Waals surface area contributed by atoms with Crippen molar-refractivity contribution in [2.75, 3.05) is 0 Å². The van der Waals surface area contributed by atoms with E-state index in [1.54, 1.807) is 0 Å². The fourth-order valence-electron chi connectivity index (χ4n) is 0.770. The predicted molar refractivity (Wildman–Crippen MR) is 65.0 cm³/mol. The fourth-order valence-corrected chi connectivity index (χ4v) is 0.770. The zero-order valence-corrected chi connectivity index (χ0v) is 8.90. The van der Waals surface area contributed by atoms with Crippen LogP contribution < -0.4 is 0 Å². The number of hydrogen-bond acceptors (Lipinski definition) is 2. The Balaban J connectivity index is 0.000000217. The number of aldehydes is 2. The molecule has 2 aromatic rings. The molecule has 2 heteroatoms. The molecule has 16 heavy (non-hydrogen) atoms. The minimum absolute atomic E-state index is 0.194. The summed E-state index contributed by atoms with van der Waals surface area (Å²) in [4.78, 5) is 17.6. The van der Waals surface area contributed by atoms with Gasteiger partial charge in [-0.05, 0) is 0 Å². The molecule has 0 aliphatic carbocycles. The van der Waals surface area contributed by atoms with E-state index in [1.807, 2.05) is 72.8 Å². The van der Waals surface area contributed by atoms with E-state index in [9.17, 15) is 0 Å². The third kappa shape index (κ3) is 11.8. The summed E-state index contributed by atoms with van der Waals surface area (Å²) in [6.45, 7) is 0. The summed E-state index contributed by atoms with van der Waals surface area (Å²) in [5.74, 6) is 0. The third-order valence-corrected chi connectivity index (χ3v) is 1.39. The molecule has 0 aliphatic heterocycles. The molecule has 0 radical (unpaired) electrons. The van der Waals surface area contributed by atoms with Gasteiger partial charge in [0.25, 0.3) is 0 Å².